The Kier molecular flexibility index (Phi) is 6.06. The molecule has 0 atom stereocenters. The van der Waals surface area contributed by atoms with Gasteiger partial charge >= 0.3 is 6.18 Å². The van der Waals surface area contributed by atoms with Crippen LogP contribution in [-0.2, 0) is 22.7 Å². The molecule has 1 saturated heterocycles. The normalized spacial score (nSPS) is 16.4. The number of halogens is 3. The molecule has 0 N–H and O–H groups in total. The Balaban J connectivity index is 1.39. The largest absolute Gasteiger partial charge is 0.416 e. The standard InChI is InChI=1S/C21H21F3N4O3S/c1-15-5-7-16(8-6-15)20-25-19(31-26-20)14-27-9-11-28(12-10-27)32(29,30)18-4-2-3-17(13-18)21(22,23)24/h2-8,13H,9-12,14H2,1H3. The maximum Gasteiger partial charge on any atom is 0.416 e. The molecule has 1 aromatic heterocycles. The number of alkyl halides is 3. The highest BCUT2D eigenvalue weighted by Crippen LogP contribution is 2.31. The summed E-state index contributed by atoms with van der Waals surface area (Å²) in [6, 6.07) is 11.5. The van der Waals surface area contributed by atoms with E-state index < -0.39 is 21.8 Å². The van der Waals surface area contributed by atoms with Crippen molar-refractivity contribution in [2.45, 2.75) is 24.5 Å². The van der Waals surface area contributed by atoms with E-state index in [1.807, 2.05) is 36.1 Å². The van der Waals surface area contributed by atoms with Crippen LogP contribution < -0.4 is 0 Å². The minimum absolute atomic E-state index is 0.150. The Morgan fingerprint density at radius 3 is 2.38 bits per heavy atom. The summed E-state index contributed by atoms with van der Waals surface area (Å²) in [5, 5.41) is 3.99. The van der Waals surface area contributed by atoms with Crippen molar-refractivity contribution in [2.75, 3.05) is 26.2 Å². The van der Waals surface area contributed by atoms with Crippen molar-refractivity contribution in [3.63, 3.8) is 0 Å². The van der Waals surface area contributed by atoms with E-state index in [-0.39, 0.29) is 18.0 Å². The molecule has 2 aromatic carbocycles. The molecule has 0 aliphatic carbocycles. The molecule has 3 aromatic rings. The third-order valence-electron chi connectivity index (χ3n) is 5.27. The predicted octanol–water partition coefficient (Wildman–Crippen LogP) is 3.57. The third kappa shape index (κ3) is 4.84. The van der Waals surface area contributed by atoms with Gasteiger partial charge in [-0.3, -0.25) is 4.90 Å². The molecule has 4 rings (SSSR count). The van der Waals surface area contributed by atoms with E-state index in [4.69, 9.17) is 4.52 Å². The van der Waals surface area contributed by atoms with E-state index in [1.165, 1.54) is 10.4 Å². The minimum atomic E-state index is -4.61. The predicted molar refractivity (Wildman–Crippen MR) is 110 cm³/mol. The minimum Gasteiger partial charge on any atom is -0.338 e. The van der Waals surface area contributed by atoms with Gasteiger partial charge in [0.15, 0.2) is 0 Å². The van der Waals surface area contributed by atoms with Crippen LogP contribution in [0.1, 0.15) is 17.0 Å². The zero-order valence-electron chi connectivity index (χ0n) is 17.2. The Morgan fingerprint density at radius 1 is 1.03 bits per heavy atom. The van der Waals surface area contributed by atoms with Gasteiger partial charge in [-0.05, 0) is 25.1 Å². The number of sulfonamides is 1. The van der Waals surface area contributed by atoms with Crippen molar-refractivity contribution in [1.82, 2.24) is 19.3 Å². The molecule has 11 heteroatoms. The SMILES string of the molecule is Cc1ccc(-c2noc(CN3CCN(S(=O)(=O)c4cccc(C(F)(F)F)c4)CC3)n2)cc1. The van der Waals surface area contributed by atoms with Gasteiger partial charge in [-0.25, -0.2) is 8.42 Å². The van der Waals surface area contributed by atoms with Gasteiger partial charge in [0.1, 0.15) is 0 Å². The first kappa shape index (κ1) is 22.4. The van der Waals surface area contributed by atoms with Crippen LogP contribution in [0.5, 0.6) is 0 Å². The second-order valence-electron chi connectivity index (χ2n) is 7.58. The highest BCUT2D eigenvalue weighted by Gasteiger charge is 2.34. The third-order valence-corrected chi connectivity index (χ3v) is 7.16. The lowest BCUT2D eigenvalue weighted by Gasteiger charge is -2.33. The zero-order valence-corrected chi connectivity index (χ0v) is 18.0. The van der Waals surface area contributed by atoms with Gasteiger partial charge in [-0.15, -0.1) is 0 Å². The first-order valence-corrected chi connectivity index (χ1v) is 11.4. The molecule has 0 saturated carbocycles. The summed E-state index contributed by atoms with van der Waals surface area (Å²) in [6.45, 7) is 3.42. The van der Waals surface area contributed by atoms with Crippen LogP contribution in [0.25, 0.3) is 11.4 Å². The Morgan fingerprint density at radius 2 is 1.72 bits per heavy atom. The van der Waals surface area contributed by atoms with E-state index in [9.17, 15) is 21.6 Å². The second kappa shape index (κ2) is 8.64. The fraction of sp³-hybridized carbons (Fsp3) is 0.333. The van der Waals surface area contributed by atoms with Crippen LogP contribution >= 0.6 is 0 Å². The van der Waals surface area contributed by atoms with Crippen LogP contribution in [0.4, 0.5) is 13.2 Å². The number of aryl methyl sites for hydroxylation is 1. The van der Waals surface area contributed by atoms with E-state index in [0.29, 0.717) is 37.4 Å². The topological polar surface area (TPSA) is 79.5 Å². The van der Waals surface area contributed by atoms with Gasteiger partial charge in [0.05, 0.1) is 17.0 Å². The van der Waals surface area contributed by atoms with Gasteiger partial charge < -0.3 is 4.52 Å². The summed E-state index contributed by atoms with van der Waals surface area (Å²) in [4.78, 5) is 6.00. The summed E-state index contributed by atoms with van der Waals surface area (Å²) in [5.41, 5.74) is 0.969. The summed E-state index contributed by atoms with van der Waals surface area (Å²) in [7, 11) is -4.02. The molecule has 1 fully saturated rings. The van der Waals surface area contributed by atoms with Crippen molar-refractivity contribution < 1.29 is 26.1 Å². The maximum atomic E-state index is 12.9. The fourth-order valence-corrected chi connectivity index (χ4v) is 4.91. The summed E-state index contributed by atoms with van der Waals surface area (Å²) >= 11 is 0. The molecule has 0 radical (unpaired) electrons. The number of nitrogens with zero attached hydrogens (tertiary/aromatic N) is 4. The Bertz CT molecular complexity index is 1190. The lowest BCUT2D eigenvalue weighted by atomic mass is 10.1. The van der Waals surface area contributed by atoms with Crippen molar-refractivity contribution in [2.24, 2.45) is 0 Å². The number of rotatable bonds is 5. The van der Waals surface area contributed by atoms with Crippen LogP contribution in [0.2, 0.25) is 0 Å². The van der Waals surface area contributed by atoms with Gasteiger partial charge in [0.25, 0.3) is 0 Å². The van der Waals surface area contributed by atoms with E-state index >= 15 is 0 Å². The van der Waals surface area contributed by atoms with E-state index in [1.54, 1.807) is 0 Å². The number of hydrogen-bond acceptors (Lipinski definition) is 6. The van der Waals surface area contributed by atoms with E-state index in [0.717, 1.165) is 23.3 Å². The van der Waals surface area contributed by atoms with Gasteiger partial charge in [-0.2, -0.15) is 22.5 Å². The quantitative estimate of drug-likeness (QED) is 0.572. The lowest BCUT2D eigenvalue weighted by Crippen LogP contribution is -2.48. The van der Waals surface area contributed by atoms with Crippen molar-refractivity contribution >= 4 is 10.0 Å². The average molecular weight is 466 g/mol. The summed E-state index contributed by atoms with van der Waals surface area (Å²) < 4.78 is 71.0. The first-order chi connectivity index (χ1) is 15.1. The molecule has 170 valence electrons. The average Bonchev–Trinajstić information content (AvgIpc) is 3.22. The number of hydrogen-bond donors (Lipinski definition) is 0. The number of benzene rings is 2. The molecule has 32 heavy (non-hydrogen) atoms. The van der Waals surface area contributed by atoms with Crippen LogP contribution in [0, 0.1) is 6.92 Å². The Labute approximate surface area is 183 Å². The second-order valence-corrected chi connectivity index (χ2v) is 9.52. The van der Waals surface area contributed by atoms with Crippen molar-refractivity contribution in [1.29, 1.82) is 0 Å². The van der Waals surface area contributed by atoms with Gasteiger partial charge in [0, 0.05) is 31.7 Å². The van der Waals surface area contributed by atoms with E-state index in [2.05, 4.69) is 10.1 Å². The molecule has 7 nitrogen and oxygen atoms in total. The molecule has 0 spiro atoms. The summed E-state index contributed by atoms with van der Waals surface area (Å²) in [6.07, 6.45) is -4.61. The highest BCUT2D eigenvalue weighted by atomic mass is 32.2. The molecule has 0 bridgehead atoms. The maximum absolute atomic E-state index is 12.9. The van der Waals surface area contributed by atoms with Crippen molar-refractivity contribution in [3.05, 3.63) is 65.5 Å². The molecule has 0 unspecified atom stereocenters. The van der Waals surface area contributed by atoms with Gasteiger partial charge in [-0.1, -0.05) is 41.1 Å². The number of aromatic nitrogens is 2. The zero-order chi connectivity index (χ0) is 22.9. The lowest BCUT2D eigenvalue weighted by molar-refractivity contribution is -0.137. The van der Waals surface area contributed by atoms with Gasteiger partial charge in [0.2, 0.25) is 21.7 Å². The molecular formula is C21H21F3N4O3S. The van der Waals surface area contributed by atoms with Crippen LogP contribution in [0.15, 0.2) is 57.9 Å². The first-order valence-electron chi connectivity index (χ1n) is 9.92. The summed E-state index contributed by atoms with van der Waals surface area (Å²) in [5.74, 6) is 0.889. The Hall–Kier alpha value is -2.76. The molecule has 1 aliphatic rings. The number of piperazine rings is 1. The molecule has 2 heterocycles. The molecule has 0 amide bonds. The fourth-order valence-electron chi connectivity index (χ4n) is 3.44. The van der Waals surface area contributed by atoms with Crippen molar-refractivity contribution in [3.8, 4) is 11.4 Å². The van der Waals surface area contributed by atoms with Crippen LogP contribution in [0.3, 0.4) is 0 Å². The monoisotopic (exact) mass is 466 g/mol. The van der Waals surface area contributed by atoms with Crippen LogP contribution in [-0.4, -0.2) is 53.9 Å². The molecular weight excluding hydrogens is 445 g/mol. The highest BCUT2D eigenvalue weighted by molar-refractivity contribution is 7.89. The smallest absolute Gasteiger partial charge is 0.338 e. The molecule has 1 aliphatic heterocycles.